The Morgan fingerprint density at radius 2 is 2.15 bits per heavy atom. The molecule has 6 heteroatoms. The molecule has 2 heterocycles. The molecule has 0 fully saturated rings. The zero-order valence-corrected chi connectivity index (χ0v) is 13.1. The van der Waals surface area contributed by atoms with E-state index in [4.69, 9.17) is 23.2 Å². The van der Waals surface area contributed by atoms with Gasteiger partial charge in [0.1, 0.15) is 0 Å². The van der Waals surface area contributed by atoms with E-state index < -0.39 is 0 Å². The second-order valence-corrected chi connectivity index (χ2v) is 5.33. The third-order valence-corrected chi connectivity index (χ3v) is 3.51. The van der Waals surface area contributed by atoms with Gasteiger partial charge in [0.05, 0.1) is 27.5 Å². The van der Waals surface area contributed by atoms with Crippen molar-refractivity contribution in [1.29, 1.82) is 0 Å². The standard InChI is InChI=1S/C14H18Cl2N4/c1-3-7-20-12(5-6-19-20)14(17-4-2)13-11(16)8-10(15)9-18-13/h5-6,8-9,14,17H,3-4,7H2,1-2H3. The molecule has 1 atom stereocenters. The molecule has 4 nitrogen and oxygen atoms in total. The van der Waals surface area contributed by atoms with Crippen molar-refractivity contribution in [3.05, 3.63) is 46.0 Å². The summed E-state index contributed by atoms with van der Waals surface area (Å²) in [7, 11) is 0. The lowest BCUT2D eigenvalue weighted by Crippen LogP contribution is -2.26. The first kappa shape index (κ1) is 15.3. The molecule has 2 aromatic rings. The van der Waals surface area contributed by atoms with Crippen LogP contribution in [0.15, 0.2) is 24.5 Å². The van der Waals surface area contributed by atoms with E-state index in [9.17, 15) is 0 Å². The van der Waals surface area contributed by atoms with Crippen molar-refractivity contribution in [3.63, 3.8) is 0 Å². The summed E-state index contributed by atoms with van der Waals surface area (Å²) in [4.78, 5) is 4.39. The van der Waals surface area contributed by atoms with Crippen LogP contribution in [0.5, 0.6) is 0 Å². The van der Waals surface area contributed by atoms with Gasteiger partial charge in [0.15, 0.2) is 0 Å². The summed E-state index contributed by atoms with van der Waals surface area (Å²) in [5, 5.41) is 8.87. The van der Waals surface area contributed by atoms with Crippen LogP contribution in [0.4, 0.5) is 0 Å². The van der Waals surface area contributed by atoms with Gasteiger partial charge < -0.3 is 5.32 Å². The maximum absolute atomic E-state index is 6.29. The largest absolute Gasteiger partial charge is 0.304 e. The zero-order chi connectivity index (χ0) is 14.5. The maximum atomic E-state index is 6.29. The van der Waals surface area contributed by atoms with Crippen molar-refractivity contribution >= 4 is 23.2 Å². The highest BCUT2D eigenvalue weighted by molar-refractivity contribution is 6.34. The number of aromatic nitrogens is 3. The Balaban J connectivity index is 2.42. The van der Waals surface area contributed by atoms with Crippen molar-refractivity contribution < 1.29 is 0 Å². The minimum Gasteiger partial charge on any atom is -0.304 e. The second kappa shape index (κ2) is 7.07. The predicted molar refractivity (Wildman–Crippen MR) is 82.3 cm³/mol. The summed E-state index contributed by atoms with van der Waals surface area (Å²) in [6.45, 7) is 5.86. The van der Waals surface area contributed by atoms with Crippen molar-refractivity contribution in [2.75, 3.05) is 6.54 Å². The van der Waals surface area contributed by atoms with Crippen LogP contribution in [0.1, 0.15) is 37.7 Å². The topological polar surface area (TPSA) is 42.7 Å². The number of halogens is 2. The molecule has 0 aliphatic heterocycles. The van der Waals surface area contributed by atoms with Gasteiger partial charge >= 0.3 is 0 Å². The van der Waals surface area contributed by atoms with Gasteiger partial charge in [0.25, 0.3) is 0 Å². The Labute approximate surface area is 129 Å². The van der Waals surface area contributed by atoms with Crippen molar-refractivity contribution in [1.82, 2.24) is 20.1 Å². The molecule has 2 aromatic heterocycles. The molecule has 0 bridgehead atoms. The van der Waals surface area contributed by atoms with Gasteiger partial charge in [-0.25, -0.2) is 0 Å². The first-order valence-electron chi connectivity index (χ1n) is 6.73. The third-order valence-electron chi connectivity index (χ3n) is 3.00. The molecule has 0 saturated heterocycles. The van der Waals surface area contributed by atoms with E-state index in [0.29, 0.717) is 10.0 Å². The summed E-state index contributed by atoms with van der Waals surface area (Å²) in [5.74, 6) is 0. The van der Waals surface area contributed by atoms with E-state index in [1.165, 1.54) is 0 Å². The molecule has 0 aliphatic carbocycles. The fraction of sp³-hybridized carbons (Fsp3) is 0.429. The molecule has 0 aliphatic rings. The maximum Gasteiger partial charge on any atom is 0.0937 e. The van der Waals surface area contributed by atoms with Crippen LogP contribution < -0.4 is 5.32 Å². The molecule has 108 valence electrons. The monoisotopic (exact) mass is 312 g/mol. The van der Waals surface area contributed by atoms with E-state index >= 15 is 0 Å². The fourth-order valence-corrected chi connectivity index (χ4v) is 2.66. The molecule has 20 heavy (non-hydrogen) atoms. The summed E-state index contributed by atoms with van der Waals surface area (Å²) in [5.41, 5.74) is 1.83. The van der Waals surface area contributed by atoms with Gasteiger partial charge in [-0.05, 0) is 25.1 Å². The molecule has 0 aromatic carbocycles. The average molecular weight is 313 g/mol. The quantitative estimate of drug-likeness (QED) is 0.884. The highest BCUT2D eigenvalue weighted by atomic mass is 35.5. The number of pyridine rings is 1. The Morgan fingerprint density at radius 3 is 2.80 bits per heavy atom. The molecule has 0 amide bonds. The van der Waals surface area contributed by atoms with Crippen LogP contribution in [-0.4, -0.2) is 21.3 Å². The van der Waals surface area contributed by atoms with Crippen molar-refractivity contribution in [2.45, 2.75) is 32.9 Å². The number of nitrogens with one attached hydrogen (secondary N) is 1. The number of hydrogen-bond donors (Lipinski definition) is 1. The molecule has 1 unspecified atom stereocenters. The normalized spacial score (nSPS) is 12.6. The number of aryl methyl sites for hydroxylation is 1. The lowest BCUT2D eigenvalue weighted by molar-refractivity contribution is 0.514. The molecule has 1 N–H and O–H groups in total. The predicted octanol–water partition coefficient (Wildman–Crippen LogP) is 3.69. The Morgan fingerprint density at radius 1 is 1.35 bits per heavy atom. The van der Waals surface area contributed by atoms with Gasteiger partial charge in [-0.15, -0.1) is 0 Å². The van der Waals surface area contributed by atoms with Crippen LogP contribution in [0.2, 0.25) is 10.0 Å². The van der Waals surface area contributed by atoms with E-state index in [0.717, 1.165) is 30.9 Å². The number of nitrogens with zero attached hydrogens (tertiary/aromatic N) is 3. The van der Waals surface area contributed by atoms with E-state index in [-0.39, 0.29) is 6.04 Å². The summed E-state index contributed by atoms with van der Waals surface area (Å²) >= 11 is 12.2. The Hall–Kier alpha value is -1.10. The molecular formula is C14H18Cl2N4. The van der Waals surface area contributed by atoms with Gasteiger partial charge in [-0.3, -0.25) is 9.67 Å². The summed E-state index contributed by atoms with van der Waals surface area (Å²) in [6.07, 6.45) is 4.45. The minimum absolute atomic E-state index is 0.0844. The summed E-state index contributed by atoms with van der Waals surface area (Å²) < 4.78 is 1.99. The van der Waals surface area contributed by atoms with Crippen LogP contribution >= 0.6 is 23.2 Å². The smallest absolute Gasteiger partial charge is 0.0937 e. The van der Waals surface area contributed by atoms with Crippen LogP contribution in [0.3, 0.4) is 0 Å². The van der Waals surface area contributed by atoms with Gasteiger partial charge in [-0.1, -0.05) is 37.0 Å². The molecule has 0 saturated carbocycles. The van der Waals surface area contributed by atoms with Crippen molar-refractivity contribution in [3.8, 4) is 0 Å². The Kier molecular flexibility index (Phi) is 5.40. The first-order chi connectivity index (χ1) is 9.67. The van der Waals surface area contributed by atoms with Gasteiger partial charge in [0, 0.05) is 18.9 Å². The highest BCUT2D eigenvalue weighted by Gasteiger charge is 2.21. The third kappa shape index (κ3) is 3.32. The van der Waals surface area contributed by atoms with Crippen LogP contribution in [0.25, 0.3) is 0 Å². The minimum atomic E-state index is -0.0844. The molecule has 0 radical (unpaired) electrons. The van der Waals surface area contributed by atoms with E-state index in [1.807, 2.05) is 10.7 Å². The lowest BCUT2D eigenvalue weighted by Gasteiger charge is -2.20. The van der Waals surface area contributed by atoms with Crippen molar-refractivity contribution in [2.24, 2.45) is 0 Å². The Bertz CT molecular complexity index is 568. The SMILES string of the molecule is CCCn1nccc1C(NCC)c1ncc(Cl)cc1Cl. The number of hydrogen-bond acceptors (Lipinski definition) is 3. The molecule has 0 spiro atoms. The number of rotatable bonds is 6. The zero-order valence-electron chi connectivity index (χ0n) is 11.6. The van der Waals surface area contributed by atoms with Crippen LogP contribution in [-0.2, 0) is 6.54 Å². The van der Waals surface area contributed by atoms with Gasteiger partial charge in [-0.2, -0.15) is 5.10 Å². The van der Waals surface area contributed by atoms with Crippen LogP contribution in [0, 0.1) is 0 Å². The first-order valence-corrected chi connectivity index (χ1v) is 7.49. The average Bonchev–Trinajstić information content (AvgIpc) is 2.85. The second-order valence-electron chi connectivity index (χ2n) is 4.49. The lowest BCUT2D eigenvalue weighted by atomic mass is 10.1. The highest BCUT2D eigenvalue weighted by Crippen LogP contribution is 2.28. The summed E-state index contributed by atoms with van der Waals surface area (Å²) in [6, 6.07) is 3.63. The van der Waals surface area contributed by atoms with E-state index in [2.05, 4.69) is 29.2 Å². The molecular weight excluding hydrogens is 295 g/mol. The fourth-order valence-electron chi connectivity index (χ4n) is 2.17. The molecule has 2 rings (SSSR count). The van der Waals surface area contributed by atoms with E-state index in [1.54, 1.807) is 18.5 Å². The van der Waals surface area contributed by atoms with Gasteiger partial charge in [0.2, 0.25) is 0 Å².